The fourth-order valence-electron chi connectivity index (χ4n) is 3.62. The van der Waals surface area contributed by atoms with Gasteiger partial charge in [-0.3, -0.25) is 4.98 Å². The van der Waals surface area contributed by atoms with Gasteiger partial charge in [-0.25, -0.2) is 0 Å². The summed E-state index contributed by atoms with van der Waals surface area (Å²) in [6, 6.07) is 8.59. The third-order valence-electron chi connectivity index (χ3n) is 5.35. The van der Waals surface area contributed by atoms with E-state index < -0.39 is 11.7 Å². The summed E-state index contributed by atoms with van der Waals surface area (Å²) in [7, 11) is 1.50. The number of aryl methyl sites for hydroxylation is 1. The first kappa shape index (κ1) is 23.7. The normalized spacial score (nSPS) is 12.6. The van der Waals surface area contributed by atoms with Crippen molar-refractivity contribution in [1.82, 2.24) is 4.98 Å². The van der Waals surface area contributed by atoms with Crippen molar-refractivity contribution in [3.05, 3.63) is 53.7 Å². The van der Waals surface area contributed by atoms with Crippen LogP contribution < -0.4 is 20.5 Å². The summed E-state index contributed by atoms with van der Waals surface area (Å²) in [5.41, 5.74) is 7.20. The van der Waals surface area contributed by atoms with Gasteiger partial charge in [-0.05, 0) is 62.6 Å². The van der Waals surface area contributed by atoms with Gasteiger partial charge in [0.05, 0.1) is 29.3 Å². The van der Waals surface area contributed by atoms with Gasteiger partial charge in [-0.15, -0.1) is 0 Å². The van der Waals surface area contributed by atoms with Gasteiger partial charge in [0, 0.05) is 18.3 Å². The maximum Gasteiger partial charge on any atom is 0.416 e. The highest BCUT2D eigenvalue weighted by Crippen LogP contribution is 2.44. The number of halogens is 3. The van der Waals surface area contributed by atoms with E-state index in [1.54, 1.807) is 12.3 Å². The number of aromatic nitrogens is 1. The molecule has 0 aliphatic rings. The predicted molar refractivity (Wildman–Crippen MR) is 121 cm³/mol. The van der Waals surface area contributed by atoms with E-state index in [9.17, 15) is 13.2 Å². The number of nitrogens with zero attached hydrogens (tertiary/aromatic N) is 1. The largest absolute Gasteiger partial charge is 0.493 e. The van der Waals surface area contributed by atoms with Crippen LogP contribution in [0.4, 0.5) is 18.9 Å². The molecule has 3 N–H and O–H groups in total. The lowest BCUT2D eigenvalue weighted by Crippen LogP contribution is -2.20. The number of rotatable bonds is 9. The van der Waals surface area contributed by atoms with Crippen molar-refractivity contribution in [1.29, 1.82) is 0 Å². The summed E-state index contributed by atoms with van der Waals surface area (Å²) in [6.45, 7) is 4.61. The van der Waals surface area contributed by atoms with Gasteiger partial charge in [0.2, 0.25) is 0 Å². The van der Waals surface area contributed by atoms with Crippen molar-refractivity contribution in [3.63, 3.8) is 0 Å². The fraction of sp³-hybridized carbons (Fsp3) is 0.375. The number of nitrogens with one attached hydrogen (secondary N) is 1. The zero-order valence-electron chi connectivity index (χ0n) is 18.4. The van der Waals surface area contributed by atoms with Crippen molar-refractivity contribution in [2.45, 2.75) is 45.3 Å². The standard InChI is InChI=1S/C24H28F3N3O2/c1-4-17(8-6-11-28)30-19-14-20(31-3)23(21-15(2)10-12-29-22(19)21)32-18-9-5-7-16(13-18)24(25,26)27/h5,7,9-10,12-14,17,30H,4,6,8,11,28H2,1-3H3. The second-order valence-corrected chi connectivity index (χ2v) is 7.62. The molecular formula is C24H28F3N3O2. The molecule has 3 aromatic rings. The van der Waals surface area contributed by atoms with Crippen LogP contribution in [0.2, 0.25) is 0 Å². The minimum atomic E-state index is -4.46. The van der Waals surface area contributed by atoms with E-state index in [1.165, 1.54) is 19.2 Å². The molecule has 0 spiro atoms. The lowest BCUT2D eigenvalue weighted by molar-refractivity contribution is -0.137. The van der Waals surface area contributed by atoms with Crippen molar-refractivity contribution in [2.24, 2.45) is 5.73 Å². The first-order valence-electron chi connectivity index (χ1n) is 10.6. The summed E-state index contributed by atoms with van der Waals surface area (Å²) >= 11 is 0. The Kier molecular flexibility index (Phi) is 7.45. The van der Waals surface area contributed by atoms with E-state index in [0.717, 1.165) is 42.6 Å². The number of pyridine rings is 1. The number of methoxy groups -OCH3 is 1. The average Bonchev–Trinajstić information content (AvgIpc) is 2.77. The minimum Gasteiger partial charge on any atom is -0.493 e. The van der Waals surface area contributed by atoms with E-state index in [1.807, 2.05) is 13.0 Å². The number of alkyl halides is 3. The Morgan fingerprint density at radius 1 is 1.19 bits per heavy atom. The molecule has 8 heteroatoms. The monoisotopic (exact) mass is 447 g/mol. The highest BCUT2D eigenvalue weighted by molar-refractivity contribution is 5.99. The molecule has 172 valence electrons. The molecule has 3 rings (SSSR count). The SMILES string of the molecule is CCC(CCCN)Nc1cc(OC)c(Oc2cccc(C(F)(F)F)c2)c2c(C)ccnc12. The molecule has 0 fully saturated rings. The highest BCUT2D eigenvalue weighted by Gasteiger charge is 2.31. The summed E-state index contributed by atoms with van der Waals surface area (Å²) < 4.78 is 51.0. The summed E-state index contributed by atoms with van der Waals surface area (Å²) in [5, 5.41) is 4.21. The van der Waals surface area contributed by atoms with Crippen molar-refractivity contribution >= 4 is 16.6 Å². The molecule has 2 aromatic carbocycles. The smallest absolute Gasteiger partial charge is 0.416 e. The van der Waals surface area contributed by atoms with E-state index in [0.29, 0.717) is 28.9 Å². The van der Waals surface area contributed by atoms with E-state index in [4.69, 9.17) is 15.2 Å². The minimum absolute atomic E-state index is 0.0674. The van der Waals surface area contributed by atoms with Gasteiger partial charge in [-0.1, -0.05) is 13.0 Å². The Bertz CT molecular complexity index is 1070. The highest BCUT2D eigenvalue weighted by atomic mass is 19.4. The number of hydrogen-bond donors (Lipinski definition) is 2. The van der Waals surface area contributed by atoms with Gasteiger partial charge in [0.15, 0.2) is 11.5 Å². The second kappa shape index (κ2) is 10.1. The molecule has 5 nitrogen and oxygen atoms in total. The van der Waals surface area contributed by atoms with Crippen molar-refractivity contribution in [3.8, 4) is 17.2 Å². The molecule has 0 radical (unpaired) electrons. The summed E-state index contributed by atoms with van der Waals surface area (Å²) in [5.74, 6) is 0.799. The maximum atomic E-state index is 13.2. The molecule has 1 atom stereocenters. The Morgan fingerprint density at radius 3 is 2.62 bits per heavy atom. The number of ether oxygens (including phenoxy) is 2. The molecule has 0 bridgehead atoms. The van der Waals surface area contributed by atoms with Gasteiger partial charge < -0.3 is 20.5 Å². The molecule has 1 aromatic heterocycles. The topological polar surface area (TPSA) is 69.4 Å². The van der Waals surface area contributed by atoms with Crippen LogP contribution >= 0.6 is 0 Å². The van der Waals surface area contributed by atoms with Gasteiger partial charge in [-0.2, -0.15) is 13.2 Å². The summed E-state index contributed by atoms with van der Waals surface area (Å²) in [4.78, 5) is 4.54. The lowest BCUT2D eigenvalue weighted by Gasteiger charge is -2.22. The fourth-order valence-corrected chi connectivity index (χ4v) is 3.62. The van der Waals surface area contributed by atoms with Crippen LogP contribution in [0.1, 0.15) is 37.3 Å². The number of nitrogens with two attached hydrogens (primary N) is 1. The summed E-state index contributed by atoms with van der Waals surface area (Å²) in [6.07, 6.45) is -0.0628. The maximum absolute atomic E-state index is 13.2. The molecule has 0 aliphatic heterocycles. The molecule has 0 amide bonds. The van der Waals surface area contributed by atoms with Crippen LogP contribution in [-0.2, 0) is 6.18 Å². The molecular weight excluding hydrogens is 419 g/mol. The number of anilines is 1. The lowest BCUT2D eigenvalue weighted by atomic mass is 10.0. The predicted octanol–water partition coefficient (Wildman–Crippen LogP) is 6.29. The number of fused-ring (bicyclic) bond motifs is 1. The number of hydrogen-bond acceptors (Lipinski definition) is 5. The third-order valence-corrected chi connectivity index (χ3v) is 5.35. The molecule has 32 heavy (non-hydrogen) atoms. The Morgan fingerprint density at radius 2 is 1.97 bits per heavy atom. The molecule has 0 aliphatic carbocycles. The van der Waals surface area contributed by atoms with Gasteiger partial charge in [0.1, 0.15) is 5.75 Å². The van der Waals surface area contributed by atoms with E-state index in [-0.39, 0.29) is 11.8 Å². The number of benzene rings is 2. The Labute approximate surface area is 185 Å². The molecule has 0 saturated heterocycles. The van der Waals surface area contributed by atoms with Crippen LogP contribution in [0.5, 0.6) is 17.2 Å². The second-order valence-electron chi connectivity index (χ2n) is 7.62. The first-order valence-corrected chi connectivity index (χ1v) is 10.6. The van der Waals surface area contributed by atoms with Gasteiger partial charge in [0.25, 0.3) is 0 Å². The van der Waals surface area contributed by atoms with E-state index >= 15 is 0 Å². The van der Waals surface area contributed by atoms with Crippen molar-refractivity contribution < 1.29 is 22.6 Å². The molecule has 0 saturated carbocycles. The van der Waals surface area contributed by atoms with Gasteiger partial charge >= 0.3 is 6.18 Å². The third kappa shape index (κ3) is 5.24. The molecule has 1 unspecified atom stereocenters. The Hall–Kier alpha value is -3.00. The van der Waals surface area contributed by atoms with Crippen LogP contribution in [0, 0.1) is 6.92 Å². The zero-order valence-corrected chi connectivity index (χ0v) is 18.4. The quantitative estimate of drug-likeness (QED) is 0.403. The van der Waals surface area contributed by atoms with E-state index in [2.05, 4.69) is 17.2 Å². The average molecular weight is 448 g/mol. The Balaban J connectivity index is 2.10. The van der Waals surface area contributed by atoms with Crippen molar-refractivity contribution in [2.75, 3.05) is 19.0 Å². The molecule has 1 heterocycles. The zero-order chi connectivity index (χ0) is 23.3. The first-order chi connectivity index (χ1) is 15.3. The van der Waals surface area contributed by atoms with Crippen LogP contribution in [0.3, 0.4) is 0 Å². The van der Waals surface area contributed by atoms with Crippen LogP contribution in [0.25, 0.3) is 10.9 Å². The van der Waals surface area contributed by atoms with Crippen LogP contribution in [0.15, 0.2) is 42.6 Å². The van der Waals surface area contributed by atoms with Crippen LogP contribution in [-0.4, -0.2) is 24.7 Å².